The van der Waals surface area contributed by atoms with Gasteiger partial charge in [-0.1, -0.05) is 24.3 Å². The van der Waals surface area contributed by atoms with Crippen molar-refractivity contribution in [3.05, 3.63) is 56.1 Å². The van der Waals surface area contributed by atoms with Crippen molar-refractivity contribution in [1.29, 1.82) is 0 Å². The minimum Gasteiger partial charge on any atom is -0.494 e. The van der Waals surface area contributed by atoms with Gasteiger partial charge in [-0.05, 0) is 58.2 Å². The SMILES string of the molecule is CCn1c(O)c(C(C)=NCc2ccccc2CN(C)C)c(=O)n(CC)c1=S. The topological polar surface area (TPSA) is 62.8 Å². The molecule has 0 spiro atoms. The first-order valence-corrected chi connectivity index (χ1v) is 9.52. The van der Waals surface area contributed by atoms with Gasteiger partial charge < -0.3 is 10.0 Å². The van der Waals surface area contributed by atoms with Gasteiger partial charge in [0.2, 0.25) is 5.88 Å². The maximum atomic E-state index is 12.8. The van der Waals surface area contributed by atoms with Crippen LogP contribution in [0.25, 0.3) is 0 Å². The van der Waals surface area contributed by atoms with Crippen LogP contribution >= 0.6 is 12.2 Å². The minimum absolute atomic E-state index is 0.111. The van der Waals surface area contributed by atoms with Gasteiger partial charge in [-0.3, -0.25) is 18.9 Å². The lowest BCUT2D eigenvalue weighted by molar-refractivity contribution is 0.399. The van der Waals surface area contributed by atoms with Crippen molar-refractivity contribution in [3.63, 3.8) is 0 Å². The van der Waals surface area contributed by atoms with E-state index >= 15 is 0 Å². The van der Waals surface area contributed by atoms with E-state index in [1.807, 2.05) is 46.1 Å². The van der Waals surface area contributed by atoms with Gasteiger partial charge in [0, 0.05) is 19.6 Å². The number of aliphatic imine (C=N–C) groups is 1. The number of nitrogens with zero attached hydrogens (tertiary/aromatic N) is 4. The van der Waals surface area contributed by atoms with Crippen molar-refractivity contribution >= 4 is 17.9 Å². The summed E-state index contributed by atoms with van der Waals surface area (Å²) in [5.41, 5.74) is 2.73. The molecule has 1 heterocycles. The van der Waals surface area contributed by atoms with Crippen molar-refractivity contribution in [1.82, 2.24) is 14.0 Å². The predicted octanol–water partition coefficient (Wildman–Crippen LogP) is 3.20. The number of hydrogen-bond acceptors (Lipinski definition) is 5. The lowest BCUT2D eigenvalue weighted by Crippen LogP contribution is -2.30. The molecule has 0 saturated heterocycles. The highest BCUT2D eigenvalue weighted by atomic mass is 32.1. The van der Waals surface area contributed by atoms with E-state index in [1.165, 1.54) is 10.1 Å². The summed E-state index contributed by atoms with van der Waals surface area (Å²) in [5, 5.41) is 10.6. The van der Waals surface area contributed by atoms with Crippen LogP contribution in [0.2, 0.25) is 0 Å². The molecular weight excluding hydrogens is 360 g/mol. The fourth-order valence-electron chi connectivity index (χ4n) is 3.06. The number of aromatic nitrogens is 2. The lowest BCUT2D eigenvalue weighted by Gasteiger charge is -2.16. The fourth-order valence-corrected chi connectivity index (χ4v) is 3.49. The quantitative estimate of drug-likeness (QED) is 0.584. The number of benzene rings is 1. The predicted molar refractivity (Wildman–Crippen MR) is 112 cm³/mol. The zero-order chi connectivity index (χ0) is 20.1. The maximum absolute atomic E-state index is 12.8. The van der Waals surface area contributed by atoms with Crippen LogP contribution in [-0.4, -0.2) is 38.9 Å². The van der Waals surface area contributed by atoms with E-state index in [0.717, 1.165) is 12.1 Å². The molecule has 0 bridgehead atoms. The van der Waals surface area contributed by atoms with Crippen LogP contribution in [0.1, 0.15) is 37.5 Å². The van der Waals surface area contributed by atoms with Crippen molar-refractivity contribution in [2.24, 2.45) is 4.99 Å². The molecule has 0 fully saturated rings. The summed E-state index contributed by atoms with van der Waals surface area (Å²) in [7, 11) is 4.05. The van der Waals surface area contributed by atoms with Crippen molar-refractivity contribution in [2.75, 3.05) is 14.1 Å². The third-order valence-electron chi connectivity index (χ3n) is 4.49. The van der Waals surface area contributed by atoms with E-state index in [2.05, 4.69) is 16.0 Å². The molecule has 0 aliphatic rings. The van der Waals surface area contributed by atoms with Crippen LogP contribution in [0.3, 0.4) is 0 Å². The molecule has 0 saturated carbocycles. The molecule has 2 rings (SSSR count). The van der Waals surface area contributed by atoms with Gasteiger partial charge in [-0.25, -0.2) is 0 Å². The Labute approximate surface area is 165 Å². The Morgan fingerprint density at radius 3 is 2.30 bits per heavy atom. The summed E-state index contributed by atoms with van der Waals surface area (Å²) < 4.78 is 3.39. The van der Waals surface area contributed by atoms with Crippen molar-refractivity contribution < 1.29 is 5.11 Å². The first kappa shape index (κ1) is 21.1. The molecule has 0 aliphatic carbocycles. The molecule has 146 valence electrons. The molecule has 0 unspecified atom stereocenters. The third-order valence-corrected chi connectivity index (χ3v) is 4.93. The maximum Gasteiger partial charge on any atom is 0.267 e. The van der Waals surface area contributed by atoms with Gasteiger partial charge in [-0.15, -0.1) is 0 Å². The number of aromatic hydroxyl groups is 1. The minimum atomic E-state index is -0.299. The standard InChI is InChI=1S/C20H28N4O2S/c1-6-23-18(25)17(19(26)24(7-2)20(23)27)14(3)21-12-15-10-8-9-11-16(15)13-22(4)5/h8-11,25H,6-7,12-13H2,1-5H3. The molecule has 0 amide bonds. The average molecular weight is 389 g/mol. The highest BCUT2D eigenvalue weighted by Gasteiger charge is 2.18. The normalized spacial score (nSPS) is 12.0. The van der Waals surface area contributed by atoms with E-state index in [0.29, 0.717) is 30.1 Å². The van der Waals surface area contributed by atoms with E-state index in [-0.39, 0.29) is 17.0 Å². The Morgan fingerprint density at radius 2 is 1.74 bits per heavy atom. The Hall–Kier alpha value is -2.25. The van der Waals surface area contributed by atoms with Crippen molar-refractivity contribution in [3.8, 4) is 5.88 Å². The molecule has 6 nitrogen and oxygen atoms in total. The summed E-state index contributed by atoms with van der Waals surface area (Å²) in [4.78, 5) is 19.5. The van der Waals surface area contributed by atoms with Gasteiger partial charge in [0.25, 0.3) is 5.56 Å². The molecule has 0 aliphatic heterocycles. The monoisotopic (exact) mass is 388 g/mol. The average Bonchev–Trinajstić information content (AvgIpc) is 2.61. The zero-order valence-electron chi connectivity index (χ0n) is 16.7. The Kier molecular flexibility index (Phi) is 7.10. The zero-order valence-corrected chi connectivity index (χ0v) is 17.5. The van der Waals surface area contributed by atoms with E-state index in [1.54, 1.807) is 11.5 Å². The van der Waals surface area contributed by atoms with Gasteiger partial charge >= 0.3 is 0 Å². The summed E-state index contributed by atoms with van der Waals surface area (Å²) in [6, 6.07) is 8.12. The second-order valence-corrected chi connectivity index (χ2v) is 7.05. The summed E-state index contributed by atoms with van der Waals surface area (Å²) in [6.45, 7) is 7.70. The van der Waals surface area contributed by atoms with Gasteiger partial charge in [-0.2, -0.15) is 0 Å². The van der Waals surface area contributed by atoms with E-state index in [4.69, 9.17) is 12.2 Å². The van der Waals surface area contributed by atoms with E-state index in [9.17, 15) is 9.90 Å². The van der Waals surface area contributed by atoms with Gasteiger partial charge in [0.1, 0.15) is 5.56 Å². The first-order chi connectivity index (χ1) is 12.8. The van der Waals surface area contributed by atoms with Gasteiger partial charge in [0.05, 0.1) is 12.3 Å². The molecule has 0 radical (unpaired) electrons. The lowest BCUT2D eigenvalue weighted by atomic mass is 10.1. The first-order valence-electron chi connectivity index (χ1n) is 9.11. The summed E-state index contributed by atoms with van der Waals surface area (Å²) in [5.74, 6) is -0.111. The third kappa shape index (κ3) is 4.54. The Bertz CT molecular complexity index is 957. The molecule has 2 aromatic rings. The van der Waals surface area contributed by atoms with Crippen LogP contribution in [0.4, 0.5) is 0 Å². The summed E-state index contributed by atoms with van der Waals surface area (Å²) in [6.07, 6.45) is 0. The Morgan fingerprint density at radius 1 is 1.15 bits per heavy atom. The second kappa shape index (κ2) is 9.10. The van der Waals surface area contributed by atoms with Crippen LogP contribution in [0.15, 0.2) is 34.1 Å². The molecule has 27 heavy (non-hydrogen) atoms. The van der Waals surface area contributed by atoms with Crippen molar-refractivity contribution in [2.45, 2.75) is 47.0 Å². The number of hydrogen-bond donors (Lipinski definition) is 1. The smallest absolute Gasteiger partial charge is 0.267 e. The van der Waals surface area contributed by atoms with Crippen LogP contribution in [0.5, 0.6) is 5.88 Å². The van der Waals surface area contributed by atoms with Crippen LogP contribution in [0, 0.1) is 4.77 Å². The number of rotatable bonds is 7. The van der Waals surface area contributed by atoms with E-state index < -0.39 is 0 Å². The van der Waals surface area contributed by atoms with Gasteiger partial charge in [0.15, 0.2) is 4.77 Å². The second-order valence-electron chi connectivity index (χ2n) is 6.68. The largest absolute Gasteiger partial charge is 0.494 e. The fraction of sp³-hybridized carbons (Fsp3) is 0.450. The molecule has 1 aromatic heterocycles. The molecule has 7 heteroatoms. The molecule has 1 N–H and O–H groups in total. The highest BCUT2D eigenvalue weighted by molar-refractivity contribution is 7.71. The molecular formula is C20H28N4O2S. The van der Waals surface area contributed by atoms with Crippen LogP contribution in [-0.2, 0) is 26.2 Å². The summed E-state index contributed by atoms with van der Waals surface area (Å²) >= 11 is 5.33. The molecule has 1 aromatic carbocycles. The Balaban J connectivity index is 2.49. The highest BCUT2D eigenvalue weighted by Crippen LogP contribution is 2.17. The molecule has 0 atom stereocenters. The van der Waals surface area contributed by atoms with Crippen LogP contribution < -0.4 is 5.56 Å².